The van der Waals surface area contributed by atoms with Crippen LogP contribution in [0.15, 0.2) is 24.3 Å². The summed E-state index contributed by atoms with van der Waals surface area (Å²) in [6, 6.07) is 8.81. The molecule has 1 rings (SSSR count). The van der Waals surface area contributed by atoms with Crippen LogP contribution in [0.1, 0.15) is 58.4 Å². The summed E-state index contributed by atoms with van der Waals surface area (Å²) in [6.45, 7) is 9.97. The third-order valence-corrected chi connectivity index (χ3v) is 4.23. The fraction of sp³-hybridized carbons (Fsp3) is 0.647. The van der Waals surface area contributed by atoms with Crippen LogP contribution in [0.25, 0.3) is 0 Å². The molecule has 19 heavy (non-hydrogen) atoms. The van der Waals surface area contributed by atoms with E-state index in [1.807, 2.05) is 12.1 Å². The molecule has 0 aliphatic carbocycles. The minimum absolute atomic E-state index is 0.515. The van der Waals surface area contributed by atoms with E-state index in [-0.39, 0.29) is 0 Å². The van der Waals surface area contributed by atoms with Crippen LogP contribution in [-0.2, 0) is 0 Å². The van der Waals surface area contributed by atoms with Gasteiger partial charge in [-0.2, -0.15) is 0 Å². The number of hydrogen-bond acceptors (Lipinski definition) is 1. The van der Waals surface area contributed by atoms with E-state index in [1.165, 1.54) is 24.8 Å². The highest BCUT2D eigenvalue weighted by Crippen LogP contribution is 2.31. The first-order valence-electron chi connectivity index (χ1n) is 7.56. The van der Waals surface area contributed by atoms with Crippen molar-refractivity contribution in [1.82, 2.24) is 5.32 Å². The molecule has 0 heterocycles. The van der Waals surface area contributed by atoms with E-state index in [0.717, 1.165) is 17.5 Å². The number of nitrogens with one attached hydrogen (secondary N) is 1. The first kappa shape index (κ1) is 16.5. The fourth-order valence-corrected chi connectivity index (χ4v) is 2.82. The Morgan fingerprint density at radius 3 is 2.26 bits per heavy atom. The summed E-state index contributed by atoms with van der Waals surface area (Å²) in [7, 11) is 0. The topological polar surface area (TPSA) is 12.0 Å². The van der Waals surface area contributed by atoms with Crippen molar-refractivity contribution >= 4 is 11.6 Å². The Hall–Kier alpha value is -0.530. The van der Waals surface area contributed by atoms with Crippen LogP contribution in [0, 0.1) is 5.92 Å². The molecular formula is C17H28ClN. The number of rotatable bonds is 8. The smallest absolute Gasteiger partial charge is 0.0441 e. The largest absolute Gasteiger partial charge is 0.314 e. The predicted octanol–water partition coefficient (Wildman–Crippen LogP) is 5.25. The zero-order valence-electron chi connectivity index (χ0n) is 12.7. The van der Waals surface area contributed by atoms with Gasteiger partial charge in [0.25, 0.3) is 0 Å². The summed E-state index contributed by atoms with van der Waals surface area (Å²) in [6.07, 6.45) is 3.72. The zero-order chi connectivity index (χ0) is 14.3. The molecular weight excluding hydrogens is 254 g/mol. The molecule has 1 unspecified atom stereocenters. The quantitative estimate of drug-likeness (QED) is 0.686. The first-order chi connectivity index (χ1) is 9.08. The molecule has 0 fully saturated rings. The van der Waals surface area contributed by atoms with E-state index < -0.39 is 0 Å². The van der Waals surface area contributed by atoms with Gasteiger partial charge < -0.3 is 5.32 Å². The molecule has 108 valence electrons. The lowest BCUT2D eigenvalue weighted by Crippen LogP contribution is -2.29. The van der Waals surface area contributed by atoms with Crippen molar-refractivity contribution in [3.63, 3.8) is 0 Å². The second kappa shape index (κ2) is 8.60. The highest BCUT2D eigenvalue weighted by atomic mass is 35.5. The normalized spacial score (nSPS) is 13.2. The van der Waals surface area contributed by atoms with Gasteiger partial charge in [-0.05, 0) is 29.9 Å². The van der Waals surface area contributed by atoms with Crippen LogP contribution < -0.4 is 5.32 Å². The van der Waals surface area contributed by atoms with Gasteiger partial charge in [0.15, 0.2) is 0 Å². The van der Waals surface area contributed by atoms with Crippen molar-refractivity contribution in [1.29, 1.82) is 0 Å². The maximum Gasteiger partial charge on any atom is 0.0441 e. The lowest BCUT2D eigenvalue weighted by Gasteiger charge is -2.24. The van der Waals surface area contributed by atoms with Crippen LogP contribution in [0.5, 0.6) is 0 Å². The average molecular weight is 282 g/mol. The molecule has 1 nitrogen and oxygen atoms in total. The summed E-state index contributed by atoms with van der Waals surface area (Å²) in [4.78, 5) is 0. The molecule has 1 atom stereocenters. The van der Waals surface area contributed by atoms with Crippen LogP contribution in [0.4, 0.5) is 0 Å². The number of hydrogen-bond donors (Lipinski definition) is 1. The summed E-state index contributed by atoms with van der Waals surface area (Å²) in [5.74, 6) is 1.30. The number of benzene rings is 1. The van der Waals surface area contributed by atoms with Crippen LogP contribution in [-0.4, -0.2) is 12.6 Å². The highest BCUT2D eigenvalue weighted by molar-refractivity contribution is 6.31. The van der Waals surface area contributed by atoms with Gasteiger partial charge in [-0.25, -0.2) is 0 Å². The molecule has 1 aromatic carbocycles. The Morgan fingerprint density at radius 1 is 1.11 bits per heavy atom. The standard InChI is InChI=1S/C17H28ClN/c1-5-14(6-2)11-15(12-19-13(3)4)16-9-7-8-10-17(16)18/h7-10,13-15,19H,5-6,11-12H2,1-4H3. The summed E-state index contributed by atoms with van der Waals surface area (Å²) in [5.41, 5.74) is 1.30. The lowest BCUT2D eigenvalue weighted by molar-refractivity contribution is 0.391. The maximum atomic E-state index is 6.38. The maximum absolute atomic E-state index is 6.38. The molecule has 1 N–H and O–H groups in total. The Labute approximate surface area is 123 Å². The monoisotopic (exact) mass is 281 g/mol. The van der Waals surface area contributed by atoms with Gasteiger partial charge in [-0.3, -0.25) is 0 Å². The van der Waals surface area contributed by atoms with E-state index in [4.69, 9.17) is 11.6 Å². The van der Waals surface area contributed by atoms with E-state index in [1.54, 1.807) is 0 Å². The fourth-order valence-electron chi connectivity index (χ4n) is 2.53. The van der Waals surface area contributed by atoms with Crippen molar-refractivity contribution in [2.24, 2.45) is 5.92 Å². The number of halogens is 1. The zero-order valence-corrected chi connectivity index (χ0v) is 13.5. The molecule has 0 aliphatic rings. The second-order valence-corrected chi connectivity index (χ2v) is 6.11. The molecule has 1 aromatic rings. The van der Waals surface area contributed by atoms with E-state index in [0.29, 0.717) is 12.0 Å². The average Bonchev–Trinajstić information content (AvgIpc) is 2.40. The summed E-state index contributed by atoms with van der Waals surface area (Å²) in [5, 5.41) is 4.47. The van der Waals surface area contributed by atoms with Crippen LogP contribution in [0.3, 0.4) is 0 Å². The predicted molar refractivity (Wildman–Crippen MR) is 86.0 cm³/mol. The van der Waals surface area contributed by atoms with Crippen LogP contribution >= 0.6 is 11.6 Å². The Kier molecular flexibility index (Phi) is 7.48. The van der Waals surface area contributed by atoms with Gasteiger partial charge >= 0.3 is 0 Å². The van der Waals surface area contributed by atoms with Crippen molar-refractivity contribution in [3.05, 3.63) is 34.9 Å². The molecule has 0 aromatic heterocycles. The van der Waals surface area contributed by atoms with E-state index in [9.17, 15) is 0 Å². The molecule has 0 saturated heterocycles. The van der Waals surface area contributed by atoms with Crippen molar-refractivity contribution in [3.8, 4) is 0 Å². The van der Waals surface area contributed by atoms with Gasteiger partial charge in [0.1, 0.15) is 0 Å². The van der Waals surface area contributed by atoms with Crippen molar-refractivity contribution in [2.45, 2.75) is 58.9 Å². The van der Waals surface area contributed by atoms with Crippen LogP contribution in [0.2, 0.25) is 5.02 Å². The Bertz CT molecular complexity index is 358. The SMILES string of the molecule is CCC(CC)CC(CNC(C)C)c1ccccc1Cl. The van der Waals surface area contributed by atoms with Gasteiger partial charge in [0.2, 0.25) is 0 Å². The molecule has 0 saturated carbocycles. The van der Waals surface area contributed by atoms with Gasteiger partial charge in [-0.1, -0.05) is 70.3 Å². The van der Waals surface area contributed by atoms with E-state index in [2.05, 4.69) is 45.1 Å². The third-order valence-electron chi connectivity index (χ3n) is 3.89. The molecule has 0 radical (unpaired) electrons. The minimum Gasteiger partial charge on any atom is -0.314 e. The molecule has 0 amide bonds. The van der Waals surface area contributed by atoms with Gasteiger partial charge in [0.05, 0.1) is 0 Å². The van der Waals surface area contributed by atoms with Gasteiger partial charge in [0, 0.05) is 17.6 Å². The Balaban J connectivity index is 2.82. The molecule has 0 aliphatic heterocycles. The highest BCUT2D eigenvalue weighted by Gasteiger charge is 2.18. The van der Waals surface area contributed by atoms with Crippen molar-refractivity contribution in [2.75, 3.05) is 6.54 Å². The summed E-state index contributed by atoms with van der Waals surface area (Å²) >= 11 is 6.38. The Morgan fingerprint density at radius 2 is 1.74 bits per heavy atom. The molecule has 0 bridgehead atoms. The second-order valence-electron chi connectivity index (χ2n) is 5.70. The lowest BCUT2D eigenvalue weighted by atomic mass is 9.86. The molecule has 0 spiro atoms. The summed E-state index contributed by atoms with van der Waals surface area (Å²) < 4.78 is 0. The van der Waals surface area contributed by atoms with Crippen molar-refractivity contribution < 1.29 is 0 Å². The van der Waals surface area contributed by atoms with Gasteiger partial charge in [-0.15, -0.1) is 0 Å². The minimum atomic E-state index is 0.515. The third kappa shape index (κ3) is 5.54. The van der Waals surface area contributed by atoms with E-state index >= 15 is 0 Å². The first-order valence-corrected chi connectivity index (χ1v) is 7.94. The molecule has 2 heteroatoms.